The predicted molar refractivity (Wildman–Crippen MR) is 215 cm³/mol. The number of fused-ring (bicyclic) bond motifs is 4. The molecular weight excluding hydrogens is 670 g/mol. The molecule has 0 N–H and O–H groups in total. The molecule has 0 unspecified atom stereocenters. The lowest BCUT2D eigenvalue weighted by Gasteiger charge is -2.24. The third kappa shape index (κ3) is 5.02. The number of rotatable bonds is 6. The molecule has 0 spiro atoms. The van der Waals surface area contributed by atoms with E-state index in [0.29, 0.717) is 0 Å². The lowest BCUT2D eigenvalue weighted by Crippen LogP contribution is -2.29. The molecule has 0 aromatic heterocycles. The molecule has 1 aliphatic rings. The zero-order valence-corrected chi connectivity index (χ0v) is 30.1. The summed E-state index contributed by atoms with van der Waals surface area (Å²) in [6, 6.07) is 68.7. The van der Waals surface area contributed by atoms with Crippen LogP contribution in [-0.4, -0.2) is 0 Å². The molecule has 0 fully saturated rings. The van der Waals surface area contributed by atoms with Crippen LogP contribution in [0.2, 0.25) is 0 Å². The third-order valence-corrected chi connectivity index (χ3v) is 16.4. The maximum atomic E-state index is 16.5. The second-order valence-electron chi connectivity index (χ2n) is 13.1. The van der Waals surface area contributed by atoms with Gasteiger partial charge in [0, 0.05) is 42.3 Å². The minimum absolute atomic E-state index is 0.720. The molecule has 0 heterocycles. The first-order chi connectivity index (χ1) is 25.6. The van der Waals surface area contributed by atoms with Crippen LogP contribution in [0.1, 0.15) is 0 Å². The average Bonchev–Trinajstić information content (AvgIpc) is 3.23. The topological polar surface area (TPSA) is 34.1 Å². The summed E-state index contributed by atoms with van der Waals surface area (Å²) in [5.41, 5.74) is 0. The van der Waals surface area contributed by atoms with Gasteiger partial charge in [-0.3, -0.25) is 0 Å². The van der Waals surface area contributed by atoms with E-state index in [2.05, 4.69) is 60.7 Å². The van der Waals surface area contributed by atoms with Crippen molar-refractivity contribution >= 4 is 46.1 Å². The van der Waals surface area contributed by atoms with Crippen LogP contribution in [0.25, 0.3) is 0 Å². The van der Waals surface area contributed by atoms with Crippen LogP contribution in [0.3, 0.4) is 0 Å². The molecule has 0 saturated heterocycles. The largest absolute Gasteiger partial charge is 0.309 e. The van der Waals surface area contributed by atoms with Gasteiger partial charge in [-0.25, -0.2) is 0 Å². The van der Waals surface area contributed by atoms with E-state index in [4.69, 9.17) is 0 Å². The molecule has 0 aliphatic heterocycles. The SMILES string of the molecule is O=P(c1ccccc1)(c1ccccc1)c1cccc2/c1=c1/c(P(=O)(c3ccccc3)c3ccccc3)ccc/c1=c1\cccc\c1=c1/cccc/c1=2. The van der Waals surface area contributed by atoms with Crippen LogP contribution in [0.4, 0.5) is 0 Å². The smallest absolute Gasteiger partial charge is 0.171 e. The molecule has 1 aliphatic carbocycles. The summed E-state index contributed by atoms with van der Waals surface area (Å²) >= 11 is 0. The van der Waals surface area contributed by atoms with E-state index in [0.717, 1.165) is 73.6 Å². The lowest BCUT2D eigenvalue weighted by molar-refractivity contribution is 0.591. The molecule has 0 bridgehead atoms. The van der Waals surface area contributed by atoms with Crippen molar-refractivity contribution in [3.05, 3.63) is 248 Å². The second-order valence-corrected chi connectivity index (χ2v) is 18.5. The Kier molecular flexibility index (Phi) is 8.09. The van der Waals surface area contributed by atoms with E-state index in [9.17, 15) is 0 Å². The summed E-state index contributed by atoms with van der Waals surface area (Å²) in [5, 5.41) is 12.3. The number of hydrogen-bond acceptors (Lipinski definition) is 2. The van der Waals surface area contributed by atoms with Gasteiger partial charge in [-0.15, -0.1) is 0 Å². The summed E-state index contributed by atoms with van der Waals surface area (Å²) in [4.78, 5) is 0. The Morgan fingerprint density at radius 1 is 0.231 bits per heavy atom. The summed E-state index contributed by atoms with van der Waals surface area (Å²) in [7, 11) is -7.06. The second kappa shape index (κ2) is 13.1. The normalized spacial score (nSPS) is 14.8. The molecule has 52 heavy (non-hydrogen) atoms. The van der Waals surface area contributed by atoms with Crippen LogP contribution in [0, 0.1) is 41.7 Å². The van der Waals surface area contributed by atoms with Crippen molar-refractivity contribution < 1.29 is 9.13 Å². The lowest BCUT2D eigenvalue weighted by atomic mass is 10.0. The minimum atomic E-state index is -3.53. The number of benzene rings is 8. The van der Waals surface area contributed by atoms with Gasteiger partial charge in [0.05, 0.1) is 0 Å². The van der Waals surface area contributed by atoms with Gasteiger partial charge in [0.1, 0.15) is 0 Å². The first kappa shape index (κ1) is 32.1. The van der Waals surface area contributed by atoms with Gasteiger partial charge in [-0.2, -0.15) is 0 Å². The Morgan fingerprint density at radius 2 is 0.462 bits per heavy atom. The van der Waals surface area contributed by atoms with E-state index >= 15 is 9.13 Å². The van der Waals surface area contributed by atoms with Crippen molar-refractivity contribution in [2.45, 2.75) is 0 Å². The van der Waals surface area contributed by atoms with Crippen LogP contribution in [-0.2, 0) is 9.13 Å². The van der Waals surface area contributed by atoms with E-state index in [1.807, 2.05) is 146 Å². The average molecular weight is 705 g/mol. The minimum Gasteiger partial charge on any atom is -0.309 e. The summed E-state index contributed by atoms with van der Waals surface area (Å²) < 4.78 is 33.0. The van der Waals surface area contributed by atoms with Crippen molar-refractivity contribution in [1.82, 2.24) is 0 Å². The standard InChI is InChI=1S/C48H34O2P2/c49-51(35-19-5-1-6-20-35,36-21-7-2-8-22-36)45-33-17-31-43-41-29-15-13-27-39(41)40-28-14-16-30-42(40)44-32-18-34-46(48(44)47(43)45)52(50,37-23-9-3-10-24-37)38-25-11-4-12-26-38/h1-34H/b40-39-,43-41-,44-42-,48-47-. The van der Waals surface area contributed by atoms with Gasteiger partial charge in [0.25, 0.3) is 0 Å². The summed E-state index contributed by atoms with van der Waals surface area (Å²) in [5.74, 6) is 0. The third-order valence-electron chi connectivity index (χ3n) is 10.2. The van der Waals surface area contributed by atoms with Crippen LogP contribution in [0.15, 0.2) is 206 Å². The molecule has 4 heteroatoms. The molecule has 0 saturated carbocycles. The predicted octanol–water partition coefficient (Wildman–Crippen LogP) is 8.43. The molecule has 8 aromatic carbocycles. The quantitative estimate of drug-likeness (QED) is 0.163. The zero-order valence-electron chi connectivity index (χ0n) is 28.3. The molecule has 9 rings (SSSR count). The van der Waals surface area contributed by atoms with Gasteiger partial charge in [0.2, 0.25) is 0 Å². The van der Waals surface area contributed by atoms with Gasteiger partial charge < -0.3 is 9.13 Å². The van der Waals surface area contributed by atoms with Crippen LogP contribution in [0.5, 0.6) is 0 Å². The van der Waals surface area contributed by atoms with Gasteiger partial charge in [0.15, 0.2) is 14.3 Å². The van der Waals surface area contributed by atoms with Crippen molar-refractivity contribution in [3.63, 3.8) is 0 Å². The van der Waals surface area contributed by atoms with Gasteiger partial charge >= 0.3 is 0 Å². The Hall–Kier alpha value is -5.78. The fourth-order valence-electron chi connectivity index (χ4n) is 7.89. The van der Waals surface area contributed by atoms with Gasteiger partial charge in [-0.1, -0.05) is 206 Å². The fourth-order valence-corrected chi connectivity index (χ4v) is 13.7. The summed E-state index contributed by atoms with van der Waals surface area (Å²) in [6.45, 7) is 0. The Labute approximate surface area is 302 Å². The molecule has 8 aromatic rings. The van der Waals surface area contributed by atoms with E-state index in [1.165, 1.54) is 0 Å². The van der Waals surface area contributed by atoms with Crippen molar-refractivity contribution in [3.8, 4) is 0 Å². The Balaban J connectivity index is 1.68. The first-order valence-corrected chi connectivity index (χ1v) is 20.9. The summed E-state index contributed by atoms with van der Waals surface area (Å²) in [6.07, 6.45) is 0. The Morgan fingerprint density at radius 3 is 0.750 bits per heavy atom. The van der Waals surface area contributed by atoms with E-state index in [1.54, 1.807) is 0 Å². The van der Waals surface area contributed by atoms with Crippen LogP contribution < -0.4 is 31.8 Å². The van der Waals surface area contributed by atoms with Crippen LogP contribution >= 0.6 is 14.3 Å². The first-order valence-electron chi connectivity index (χ1n) is 17.5. The van der Waals surface area contributed by atoms with Crippen molar-refractivity contribution in [1.29, 1.82) is 0 Å². The molecular formula is C48H34O2P2. The highest BCUT2D eigenvalue weighted by Crippen LogP contribution is 2.45. The van der Waals surface area contributed by atoms with Gasteiger partial charge in [-0.05, 0) is 31.3 Å². The van der Waals surface area contributed by atoms with E-state index in [-0.39, 0.29) is 0 Å². The van der Waals surface area contributed by atoms with E-state index < -0.39 is 14.3 Å². The molecule has 0 amide bonds. The maximum Gasteiger partial charge on any atom is 0.171 e. The molecule has 0 radical (unpaired) electrons. The highest BCUT2D eigenvalue weighted by molar-refractivity contribution is 7.86. The Bertz CT molecular complexity index is 2820. The molecule has 248 valence electrons. The maximum absolute atomic E-state index is 16.5. The molecule has 2 nitrogen and oxygen atoms in total. The molecule has 0 atom stereocenters. The van der Waals surface area contributed by atoms with Crippen molar-refractivity contribution in [2.75, 3.05) is 0 Å². The number of hydrogen-bond donors (Lipinski definition) is 0. The fraction of sp³-hybridized carbons (Fsp3) is 0. The highest BCUT2D eigenvalue weighted by atomic mass is 31.2. The van der Waals surface area contributed by atoms with Crippen molar-refractivity contribution in [2.24, 2.45) is 0 Å². The highest BCUT2D eigenvalue weighted by Gasteiger charge is 2.34. The monoisotopic (exact) mass is 704 g/mol. The zero-order chi connectivity index (χ0) is 35.1.